The number of fused-ring (bicyclic) bond motifs is 3. The second-order valence-corrected chi connectivity index (χ2v) is 8.39. The molecule has 1 fully saturated rings. The summed E-state index contributed by atoms with van der Waals surface area (Å²) in [6, 6.07) is 4.73. The minimum absolute atomic E-state index is 0.0131. The predicted octanol–water partition coefficient (Wildman–Crippen LogP) is 3.93. The van der Waals surface area contributed by atoms with E-state index >= 15 is 0 Å². The van der Waals surface area contributed by atoms with Crippen molar-refractivity contribution in [1.29, 1.82) is 0 Å². The van der Waals surface area contributed by atoms with Crippen molar-refractivity contribution in [1.82, 2.24) is 24.8 Å². The van der Waals surface area contributed by atoms with E-state index in [-0.39, 0.29) is 40.9 Å². The molecule has 2 aromatic carbocycles. The SMILES string of the molecule is Fc1cc(N2CCNCC2)c(F)cc1Nc1ncc(F)c(-c2cc(F)c3c(c2)-n2cncc2CO3)n1. The van der Waals surface area contributed by atoms with Crippen LogP contribution in [0.3, 0.4) is 0 Å². The third-order valence-electron chi connectivity index (χ3n) is 6.12. The van der Waals surface area contributed by atoms with Gasteiger partial charge in [-0.05, 0) is 12.1 Å². The number of imidazole rings is 1. The van der Waals surface area contributed by atoms with Crippen LogP contribution in [0.15, 0.2) is 43.0 Å². The fourth-order valence-electron chi connectivity index (χ4n) is 4.36. The van der Waals surface area contributed by atoms with Crippen LogP contribution in [-0.4, -0.2) is 45.7 Å². The minimum atomic E-state index is -0.816. The summed E-state index contributed by atoms with van der Waals surface area (Å²) in [6.07, 6.45) is 3.97. The number of benzene rings is 2. The lowest BCUT2D eigenvalue weighted by atomic mass is 10.1. The van der Waals surface area contributed by atoms with Crippen LogP contribution in [-0.2, 0) is 6.61 Å². The van der Waals surface area contributed by atoms with Crippen LogP contribution in [0.5, 0.6) is 5.75 Å². The summed E-state index contributed by atoms with van der Waals surface area (Å²) in [5.74, 6) is -3.02. The Morgan fingerprint density at radius 2 is 1.72 bits per heavy atom. The third kappa shape index (κ3) is 3.88. The van der Waals surface area contributed by atoms with Gasteiger partial charge in [0, 0.05) is 43.9 Å². The lowest BCUT2D eigenvalue weighted by Gasteiger charge is -2.30. The summed E-state index contributed by atoms with van der Waals surface area (Å²) in [4.78, 5) is 13.8. The Morgan fingerprint density at radius 3 is 2.56 bits per heavy atom. The molecule has 0 aliphatic carbocycles. The minimum Gasteiger partial charge on any atom is -0.482 e. The molecule has 0 unspecified atom stereocenters. The summed E-state index contributed by atoms with van der Waals surface area (Å²) < 4.78 is 66.3. The molecule has 8 nitrogen and oxygen atoms in total. The van der Waals surface area contributed by atoms with E-state index in [0.717, 1.165) is 24.4 Å². The van der Waals surface area contributed by atoms with E-state index in [1.807, 2.05) is 0 Å². The highest BCUT2D eigenvalue weighted by Gasteiger charge is 2.24. The summed E-state index contributed by atoms with van der Waals surface area (Å²) >= 11 is 0. The molecule has 184 valence electrons. The fraction of sp³-hybridized carbons (Fsp3) is 0.208. The number of halogens is 4. The van der Waals surface area contributed by atoms with E-state index in [2.05, 4.69) is 25.6 Å². The normalized spacial score (nSPS) is 14.7. The summed E-state index contributed by atoms with van der Waals surface area (Å²) in [7, 11) is 0. The maximum absolute atomic E-state index is 14.9. The Bertz CT molecular complexity index is 1470. The van der Waals surface area contributed by atoms with Gasteiger partial charge < -0.3 is 20.3 Å². The van der Waals surface area contributed by atoms with Crippen molar-refractivity contribution >= 4 is 17.3 Å². The predicted molar refractivity (Wildman–Crippen MR) is 124 cm³/mol. The van der Waals surface area contributed by atoms with Gasteiger partial charge in [0.1, 0.15) is 23.9 Å². The fourth-order valence-corrected chi connectivity index (χ4v) is 4.36. The molecule has 4 aromatic rings. The van der Waals surface area contributed by atoms with Gasteiger partial charge >= 0.3 is 0 Å². The molecule has 2 aromatic heterocycles. The van der Waals surface area contributed by atoms with E-state index in [1.54, 1.807) is 15.7 Å². The van der Waals surface area contributed by atoms with Gasteiger partial charge in [-0.25, -0.2) is 32.5 Å². The van der Waals surface area contributed by atoms with Gasteiger partial charge in [-0.2, -0.15) is 0 Å². The lowest BCUT2D eigenvalue weighted by molar-refractivity contribution is 0.270. The molecular formula is C24H19F4N7O. The highest BCUT2D eigenvalue weighted by atomic mass is 19.1. The zero-order valence-electron chi connectivity index (χ0n) is 18.7. The van der Waals surface area contributed by atoms with E-state index in [4.69, 9.17) is 4.74 Å². The molecule has 36 heavy (non-hydrogen) atoms. The zero-order valence-corrected chi connectivity index (χ0v) is 18.7. The lowest BCUT2D eigenvalue weighted by Crippen LogP contribution is -2.43. The number of ether oxygens (including phenoxy) is 1. The molecule has 2 N–H and O–H groups in total. The Kier molecular flexibility index (Phi) is 5.44. The van der Waals surface area contributed by atoms with E-state index < -0.39 is 23.3 Å². The summed E-state index contributed by atoms with van der Waals surface area (Å²) in [5, 5.41) is 5.76. The molecule has 0 saturated carbocycles. The van der Waals surface area contributed by atoms with Gasteiger partial charge in [-0.3, -0.25) is 4.57 Å². The maximum Gasteiger partial charge on any atom is 0.228 e. The number of hydrogen-bond donors (Lipinski definition) is 2. The van der Waals surface area contributed by atoms with Gasteiger partial charge in [0.2, 0.25) is 5.95 Å². The van der Waals surface area contributed by atoms with Crippen LogP contribution in [0.2, 0.25) is 0 Å². The maximum atomic E-state index is 14.9. The Hall–Kier alpha value is -4.19. The standard InChI is InChI=1S/C24H19F4N7O/c25-15-8-20(34-3-1-29-2-4-34)16(26)7-19(15)32-24-31-10-18(28)22(33-24)13-5-17(27)23-21(6-13)35-12-30-9-14(35)11-36-23/h5-10,12,29H,1-4,11H2,(H,31,32,33). The molecule has 0 bridgehead atoms. The van der Waals surface area contributed by atoms with E-state index in [1.165, 1.54) is 12.4 Å². The first-order chi connectivity index (χ1) is 17.5. The molecular weight excluding hydrogens is 478 g/mol. The van der Waals surface area contributed by atoms with Crippen LogP contribution in [0, 0.1) is 23.3 Å². The molecule has 0 atom stereocenters. The first-order valence-electron chi connectivity index (χ1n) is 11.2. The van der Waals surface area contributed by atoms with Crippen molar-refractivity contribution in [3.8, 4) is 22.7 Å². The number of hydrogen-bond acceptors (Lipinski definition) is 7. The largest absolute Gasteiger partial charge is 0.482 e. The van der Waals surface area contributed by atoms with Crippen molar-refractivity contribution in [3.05, 3.63) is 71.9 Å². The molecule has 1 saturated heterocycles. The quantitative estimate of drug-likeness (QED) is 0.414. The van der Waals surface area contributed by atoms with Crippen LogP contribution >= 0.6 is 0 Å². The molecule has 0 radical (unpaired) electrons. The average molecular weight is 497 g/mol. The van der Waals surface area contributed by atoms with Crippen LogP contribution < -0.4 is 20.3 Å². The number of nitrogens with one attached hydrogen (secondary N) is 2. The number of aromatic nitrogens is 4. The average Bonchev–Trinajstić information content (AvgIpc) is 3.37. The van der Waals surface area contributed by atoms with Gasteiger partial charge in [0.15, 0.2) is 17.4 Å². The van der Waals surface area contributed by atoms with Gasteiger partial charge in [-0.15, -0.1) is 0 Å². The topological polar surface area (TPSA) is 80.1 Å². The molecule has 2 aliphatic rings. The van der Waals surface area contributed by atoms with E-state index in [9.17, 15) is 17.6 Å². The number of anilines is 3. The van der Waals surface area contributed by atoms with Crippen molar-refractivity contribution in [2.24, 2.45) is 0 Å². The molecule has 0 spiro atoms. The summed E-state index contributed by atoms with van der Waals surface area (Å²) in [6.45, 7) is 2.59. The molecule has 0 amide bonds. The number of piperazine rings is 1. The second kappa shape index (κ2) is 8.79. The first-order valence-corrected chi connectivity index (χ1v) is 11.2. The van der Waals surface area contributed by atoms with Crippen LogP contribution in [0.1, 0.15) is 5.69 Å². The van der Waals surface area contributed by atoms with Gasteiger partial charge in [-0.1, -0.05) is 0 Å². The number of rotatable bonds is 4. The first kappa shape index (κ1) is 22.3. The van der Waals surface area contributed by atoms with Crippen molar-refractivity contribution in [2.75, 3.05) is 36.4 Å². The summed E-state index contributed by atoms with van der Waals surface area (Å²) in [5.41, 5.74) is 0.877. The Morgan fingerprint density at radius 1 is 0.889 bits per heavy atom. The van der Waals surface area contributed by atoms with Crippen molar-refractivity contribution < 1.29 is 22.3 Å². The van der Waals surface area contributed by atoms with Crippen LogP contribution in [0.25, 0.3) is 16.9 Å². The second-order valence-electron chi connectivity index (χ2n) is 8.39. The highest BCUT2D eigenvalue weighted by Crippen LogP contribution is 2.37. The van der Waals surface area contributed by atoms with Gasteiger partial charge in [0.25, 0.3) is 0 Å². The van der Waals surface area contributed by atoms with Gasteiger partial charge in [0.05, 0.1) is 41.5 Å². The van der Waals surface area contributed by atoms with Crippen molar-refractivity contribution in [2.45, 2.75) is 6.61 Å². The highest BCUT2D eigenvalue weighted by molar-refractivity contribution is 5.69. The molecule has 4 heterocycles. The Balaban J connectivity index is 1.33. The molecule has 12 heteroatoms. The van der Waals surface area contributed by atoms with E-state index in [0.29, 0.717) is 37.6 Å². The molecule has 2 aliphatic heterocycles. The number of nitrogens with zero attached hydrogens (tertiary/aromatic N) is 5. The van der Waals surface area contributed by atoms with Crippen LogP contribution in [0.4, 0.5) is 34.9 Å². The monoisotopic (exact) mass is 497 g/mol. The van der Waals surface area contributed by atoms with Crippen molar-refractivity contribution in [3.63, 3.8) is 0 Å². The smallest absolute Gasteiger partial charge is 0.228 e. The third-order valence-corrected chi connectivity index (χ3v) is 6.12. The Labute approximate surface area is 202 Å². The zero-order chi connectivity index (χ0) is 24.8. The molecule has 6 rings (SSSR count).